The maximum absolute atomic E-state index is 5.66. The molecule has 3 aromatic rings. The van der Waals surface area contributed by atoms with E-state index in [0.29, 0.717) is 66.1 Å². The fourth-order valence-electron chi connectivity index (χ4n) is 3.21. The van der Waals surface area contributed by atoms with Gasteiger partial charge in [0.05, 0.1) is 64.2 Å². The molecule has 0 unspecified atom stereocenters. The van der Waals surface area contributed by atoms with Crippen LogP contribution in [0, 0.1) is 24.7 Å². The van der Waals surface area contributed by atoms with Crippen LogP contribution in [0.25, 0.3) is 0 Å². The summed E-state index contributed by atoms with van der Waals surface area (Å²) in [5.74, 6) is 6.68. The summed E-state index contributed by atoms with van der Waals surface area (Å²) >= 11 is 0. The minimum atomic E-state index is 0.407. The van der Waals surface area contributed by atoms with E-state index in [-0.39, 0.29) is 0 Å². The molecule has 0 saturated carbocycles. The molecule has 38 heavy (non-hydrogen) atoms. The van der Waals surface area contributed by atoms with Gasteiger partial charge in [-0.05, 0) is 60.7 Å². The molecule has 0 fully saturated rings. The van der Waals surface area contributed by atoms with Crippen molar-refractivity contribution in [1.29, 1.82) is 0 Å². The van der Waals surface area contributed by atoms with Crippen LogP contribution in [0.4, 0.5) is 0 Å². The third-order valence-corrected chi connectivity index (χ3v) is 5.14. The quantitative estimate of drug-likeness (QED) is 0.185. The molecular formula is C31H33NO6. The summed E-state index contributed by atoms with van der Waals surface area (Å²) in [5, 5.41) is 0. The van der Waals surface area contributed by atoms with Crippen molar-refractivity contribution in [3.63, 3.8) is 0 Å². The Labute approximate surface area is 225 Å². The molecule has 0 aliphatic carbocycles. The molecule has 0 aliphatic rings. The lowest BCUT2D eigenvalue weighted by Gasteiger charge is -2.09. The maximum Gasteiger partial charge on any atom is 0.119 e. The highest BCUT2D eigenvalue weighted by atomic mass is 16.5. The molecule has 0 atom stereocenters. The Morgan fingerprint density at radius 3 is 1.32 bits per heavy atom. The average molecular weight is 516 g/mol. The minimum absolute atomic E-state index is 0.407. The number of hydrogen-bond acceptors (Lipinski definition) is 7. The van der Waals surface area contributed by atoms with Gasteiger partial charge in [-0.25, -0.2) is 0 Å². The van der Waals surface area contributed by atoms with Crippen molar-refractivity contribution in [2.45, 2.75) is 13.2 Å². The van der Waals surface area contributed by atoms with Crippen LogP contribution in [0.15, 0.2) is 66.7 Å². The van der Waals surface area contributed by atoms with Gasteiger partial charge in [0.2, 0.25) is 0 Å². The number of nitrogens with zero attached hydrogens (tertiary/aromatic N) is 1. The van der Waals surface area contributed by atoms with Gasteiger partial charge in [0.1, 0.15) is 24.7 Å². The van der Waals surface area contributed by atoms with Crippen molar-refractivity contribution in [2.75, 3.05) is 52.9 Å². The second kappa shape index (κ2) is 17.6. The zero-order valence-electron chi connectivity index (χ0n) is 21.5. The number of pyridine rings is 1. The fourth-order valence-corrected chi connectivity index (χ4v) is 3.21. The molecule has 0 spiro atoms. The lowest BCUT2D eigenvalue weighted by molar-refractivity contribution is 0.0270. The zero-order valence-corrected chi connectivity index (χ0v) is 21.5. The second-order valence-electron chi connectivity index (χ2n) is 7.98. The van der Waals surface area contributed by atoms with Gasteiger partial charge in [-0.15, -0.1) is 12.8 Å². The molecule has 198 valence electrons. The van der Waals surface area contributed by atoms with Crippen molar-refractivity contribution >= 4 is 0 Å². The maximum atomic E-state index is 5.66. The van der Waals surface area contributed by atoms with E-state index in [2.05, 4.69) is 16.8 Å². The van der Waals surface area contributed by atoms with Crippen LogP contribution >= 0.6 is 0 Å². The van der Waals surface area contributed by atoms with E-state index in [0.717, 1.165) is 34.0 Å². The standard InChI is InChI=1S/C31H33NO6/c1-3-26-8-12-30(13-9-26)37-22-20-33-16-18-35-24-28-6-5-7-29(32-28)25-36-19-17-34-21-23-38-31-14-10-27(4-2)11-15-31/h1-2,5-15H,16-25H2. The van der Waals surface area contributed by atoms with E-state index >= 15 is 0 Å². The molecule has 0 bridgehead atoms. The smallest absolute Gasteiger partial charge is 0.119 e. The lowest BCUT2D eigenvalue weighted by Crippen LogP contribution is -2.12. The van der Waals surface area contributed by atoms with Crippen LogP contribution in [0.3, 0.4) is 0 Å². The summed E-state index contributed by atoms with van der Waals surface area (Å²) < 4.78 is 33.6. The summed E-state index contributed by atoms with van der Waals surface area (Å²) in [6, 6.07) is 20.5. The number of aromatic nitrogens is 1. The lowest BCUT2D eigenvalue weighted by atomic mass is 10.2. The monoisotopic (exact) mass is 515 g/mol. The molecule has 7 nitrogen and oxygen atoms in total. The molecule has 0 aliphatic heterocycles. The van der Waals surface area contributed by atoms with E-state index in [1.54, 1.807) is 0 Å². The highest BCUT2D eigenvalue weighted by Gasteiger charge is 2.01. The third kappa shape index (κ3) is 11.5. The summed E-state index contributed by atoms with van der Waals surface area (Å²) in [6.07, 6.45) is 10.7. The largest absolute Gasteiger partial charge is 0.491 e. The Morgan fingerprint density at radius 2 is 0.895 bits per heavy atom. The van der Waals surface area contributed by atoms with Crippen LogP contribution in [-0.2, 0) is 32.2 Å². The summed E-state index contributed by atoms with van der Waals surface area (Å²) in [4.78, 5) is 4.56. The van der Waals surface area contributed by atoms with Gasteiger partial charge in [0, 0.05) is 11.1 Å². The Morgan fingerprint density at radius 1 is 0.500 bits per heavy atom. The van der Waals surface area contributed by atoms with Crippen molar-refractivity contribution in [3.05, 3.63) is 89.2 Å². The number of ether oxygens (including phenoxy) is 6. The van der Waals surface area contributed by atoms with Gasteiger partial charge in [0.25, 0.3) is 0 Å². The molecular weight excluding hydrogens is 482 g/mol. The SMILES string of the molecule is C#Cc1ccc(OCCOCCOCc2cccc(COCCOCCOc3ccc(C#C)cc3)n2)cc1. The van der Waals surface area contributed by atoms with Crippen LogP contribution in [0.2, 0.25) is 0 Å². The summed E-state index contributed by atoms with van der Waals surface area (Å²) in [7, 11) is 0. The first-order chi connectivity index (χ1) is 18.8. The molecule has 0 amide bonds. The van der Waals surface area contributed by atoms with Crippen molar-refractivity contribution < 1.29 is 28.4 Å². The van der Waals surface area contributed by atoms with Crippen LogP contribution in [0.1, 0.15) is 22.5 Å². The number of rotatable bonds is 18. The number of benzene rings is 2. The van der Waals surface area contributed by atoms with E-state index in [9.17, 15) is 0 Å². The van der Waals surface area contributed by atoms with Crippen molar-refractivity contribution in [1.82, 2.24) is 4.98 Å². The Balaban J connectivity index is 1.16. The van der Waals surface area contributed by atoms with Gasteiger partial charge in [-0.2, -0.15) is 0 Å². The summed E-state index contributed by atoms with van der Waals surface area (Å²) in [6.45, 7) is 4.57. The highest BCUT2D eigenvalue weighted by Crippen LogP contribution is 2.12. The molecule has 1 heterocycles. The van der Waals surface area contributed by atoms with Gasteiger partial charge in [0.15, 0.2) is 0 Å². The number of hydrogen-bond donors (Lipinski definition) is 0. The van der Waals surface area contributed by atoms with Gasteiger partial charge in [-0.1, -0.05) is 17.9 Å². The van der Waals surface area contributed by atoms with E-state index < -0.39 is 0 Å². The fraction of sp³-hybridized carbons (Fsp3) is 0.323. The highest BCUT2D eigenvalue weighted by molar-refractivity contribution is 5.37. The van der Waals surface area contributed by atoms with Gasteiger partial charge < -0.3 is 28.4 Å². The van der Waals surface area contributed by atoms with E-state index in [1.165, 1.54) is 0 Å². The van der Waals surface area contributed by atoms with Crippen LogP contribution < -0.4 is 9.47 Å². The minimum Gasteiger partial charge on any atom is -0.491 e. The van der Waals surface area contributed by atoms with Crippen LogP contribution in [0.5, 0.6) is 11.5 Å². The van der Waals surface area contributed by atoms with E-state index in [4.69, 9.17) is 41.3 Å². The average Bonchev–Trinajstić information content (AvgIpc) is 2.96. The number of terminal acetylenes is 2. The van der Waals surface area contributed by atoms with Crippen molar-refractivity contribution in [3.8, 4) is 36.2 Å². The second-order valence-corrected chi connectivity index (χ2v) is 7.98. The Bertz CT molecular complexity index is 1060. The first-order valence-corrected chi connectivity index (χ1v) is 12.4. The zero-order chi connectivity index (χ0) is 26.7. The van der Waals surface area contributed by atoms with Crippen LogP contribution in [-0.4, -0.2) is 57.8 Å². The predicted molar refractivity (Wildman–Crippen MR) is 145 cm³/mol. The van der Waals surface area contributed by atoms with Crippen molar-refractivity contribution in [2.24, 2.45) is 0 Å². The first kappa shape index (κ1) is 28.7. The molecule has 7 heteroatoms. The third-order valence-electron chi connectivity index (χ3n) is 5.14. The predicted octanol–water partition coefficient (Wildman–Crippen LogP) is 4.27. The molecule has 0 radical (unpaired) electrons. The Kier molecular flexibility index (Phi) is 13.3. The molecule has 0 N–H and O–H groups in total. The Hall–Kier alpha value is -3.85. The van der Waals surface area contributed by atoms with Gasteiger partial charge >= 0.3 is 0 Å². The van der Waals surface area contributed by atoms with Gasteiger partial charge in [-0.3, -0.25) is 4.98 Å². The molecule has 1 aromatic heterocycles. The normalized spacial score (nSPS) is 10.5. The topological polar surface area (TPSA) is 68.3 Å². The summed E-state index contributed by atoms with van der Waals surface area (Å²) in [5.41, 5.74) is 3.33. The van der Waals surface area contributed by atoms with E-state index in [1.807, 2.05) is 66.7 Å². The molecule has 2 aromatic carbocycles. The molecule has 3 rings (SSSR count). The molecule has 0 saturated heterocycles. The first-order valence-electron chi connectivity index (χ1n) is 12.4.